The number of hydrogen-bond donors (Lipinski definition) is 3. The summed E-state index contributed by atoms with van der Waals surface area (Å²) in [6.07, 6.45) is -0.627. The molecule has 3 N–H and O–H groups in total. The van der Waals surface area contributed by atoms with E-state index in [0.29, 0.717) is 0 Å². The van der Waals surface area contributed by atoms with Gasteiger partial charge in [-0.05, 0) is 43.0 Å². The summed E-state index contributed by atoms with van der Waals surface area (Å²) in [7, 11) is 1.50. The lowest BCUT2D eigenvalue weighted by Gasteiger charge is -2.29. The van der Waals surface area contributed by atoms with Crippen molar-refractivity contribution >= 4 is 18.0 Å². The molecule has 33 heavy (non-hydrogen) atoms. The molecule has 0 spiro atoms. The Labute approximate surface area is 193 Å². The second-order valence-electron chi connectivity index (χ2n) is 8.76. The van der Waals surface area contributed by atoms with Gasteiger partial charge in [0.2, 0.25) is 5.91 Å². The predicted molar refractivity (Wildman–Crippen MR) is 123 cm³/mol. The minimum absolute atomic E-state index is 0.105. The quantitative estimate of drug-likeness (QED) is 0.536. The van der Waals surface area contributed by atoms with E-state index in [2.05, 4.69) is 10.6 Å². The molecule has 0 bridgehead atoms. The molecule has 2 atom stereocenters. The van der Waals surface area contributed by atoms with Crippen LogP contribution in [0, 0.1) is 0 Å². The fourth-order valence-electron chi connectivity index (χ4n) is 3.94. The van der Waals surface area contributed by atoms with E-state index in [1.807, 2.05) is 48.5 Å². The smallest absolute Gasteiger partial charge is 0.407 e. The summed E-state index contributed by atoms with van der Waals surface area (Å²) in [5.41, 5.74) is 3.66. The standard InChI is InChI=1S/C25H30N2O6/c1-15(23(29)30)26-22(28)21(13-25(2,3)32-4)27-24(31)33-14-20-18-11-7-5-9-16(18)17-10-6-8-12-19(17)20/h5-12,15,20-21H,13-14H2,1-4H3,(H,26,28)(H,27,31)(H,29,30). The number of fused-ring (bicyclic) bond motifs is 3. The van der Waals surface area contributed by atoms with E-state index in [1.165, 1.54) is 14.0 Å². The van der Waals surface area contributed by atoms with E-state index < -0.39 is 35.7 Å². The fraction of sp³-hybridized carbons (Fsp3) is 0.400. The number of carboxylic acid groups (broad SMARTS) is 1. The van der Waals surface area contributed by atoms with Gasteiger partial charge >= 0.3 is 12.1 Å². The molecule has 0 saturated carbocycles. The maximum atomic E-state index is 12.7. The Morgan fingerprint density at radius 2 is 1.55 bits per heavy atom. The summed E-state index contributed by atoms with van der Waals surface area (Å²) in [5.74, 6) is -1.91. The first-order valence-corrected chi connectivity index (χ1v) is 10.8. The highest BCUT2D eigenvalue weighted by atomic mass is 16.5. The number of carboxylic acids is 1. The molecule has 0 aliphatic heterocycles. The van der Waals surface area contributed by atoms with Crippen LogP contribution in [0.25, 0.3) is 11.1 Å². The SMILES string of the molecule is COC(C)(C)CC(NC(=O)OCC1c2ccccc2-c2ccccc21)C(=O)NC(C)C(=O)O. The molecule has 8 nitrogen and oxygen atoms in total. The van der Waals surface area contributed by atoms with Gasteiger partial charge in [-0.3, -0.25) is 9.59 Å². The Morgan fingerprint density at radius 1 is 1.00 bits per heavy atom. The van der Waals surface area contributed by atoms with E-state index in [0.717, 1.165) is 22.3 Å². The van der Waals surface area contributed by atoms with E-state index in [4.69, 9.17) is 14.6 Å². The van der Waals surface area contributed by atoms with Crippen LogP contribution in [0.1, 0.15) is 44.2 Å². The van der Waals surface area contributed by atoms with Crippen molar-refractivity contribution in [3.05, 3.63) is 59.7 Å². The molecule has 2 unspecified atom stereocenters. The molecular weight excluding hydrogens is 424 g/mol. The third kappa shape index (κ3) is 5.70. The van der Waals surface area contributed by atoms with Gasteiger partial charge in [0.05, 0.1) is 5.60 Å². The van der Waals surface area contributed by atoms with E-state index in [-0.39, 0.29) is 18.9 Å². The molecule has 1 aliphatic rings. The third-order valence-corrected chi connectivity index (χ3v) is 5.93. The zero-order valence-electron chi connectivity index (χ0n) is 19.3. The number of methoxy groups -OCH3 is 1. The average Bonchev–Trinajstić information content (AvgIpc) is 3.10. The number of rotatable bonds is 9. The Bertz CT molecular complexity index is 990. The van der Waals surface area contributed by atoms with Crippen molar-refractivity contribution in [2.45, 2.75) is 50.8 Å². The molecule has 2 amide bonds. The van der Waals surface area contributed by atoms with Crippen LogP contribution in [0.5, 0.6) is 0 Å². The first-order chi connectivity index (χ1) is 15.6. The fourth-order valence-corrected chi connectivity index (χ4v) is 3.94. The Balaban J connectivity index is 1.70. The number of carbonyl (C=O) groups excluding carboxylic acids is 2. The van der Waals surface area contributed by atoms with Crippen LogP contribution >= 0.6 is 0 Å². The second kappa shape index (κ2) is 10.0. The van der Waals surface area contributed by atoms with Crippen LogP contribution in [-0.2, 0) is 19.1 Å². The predicted octanol–water partition coefficient (Wildman–Crippen LogP) is 3.30. The number of nitrogens with one attached hydrogen (secondary N) is 2. The van der Waals surface area contributed by atoms with Crippen LogP contribution in [0.2, 0.25) is 0 Å². The summed E-state index contributed by atoms with van der Waals surface area (Å²) >= 11 is 0. The van der Waals surface area contributed by atoms with Crippen molar-refractivity contribution in [3.63, 3.8) is 0 Å². The highest BCUT2D eigenvalue weighted by molar-refractivity contribution is 5.89. The maximum Gasteiger partial charge on any atom is 0.407 e. The lowest BCUT2D eigenvalue weighted by atomic mass is 9.98. The van der Waals surface area contributed by atoms with Gasteiger partial charge in [-0.2, -0.15) is 0 Å². The van der Waals surface area contributed by atoms with Crippen LogP contribution in [0.15, 0.2) is 48.5 Å². The van der Waals surface area contributed by atoms with E-state index in [9.17, 15) is 14.4 Å². The molecule has 0 aromatic heterocycles. The van der Waals surface area contributed by atoms with Crippen LogP contribution in [0.4, 0.5) is 4.79 Å². The number of carbonyl (C=O) groups is 3. The van der Waals surface area contributed by atoms with Gasteiger partial charge in [-0.1, -0.05) is 48.5 Å². The zero-order chi connectivity index (χ0) is 24.2. The van der Waals surface area contributed by atoms with Crippen molar-refractivity contribution in [3.8, 4) is 11.1 Å². The largest absolute Gasteiger partial charge is 0.480 e. The molecule has 0 radical (unpaired) electrons. The molecule has 3 rings (SSSR count). The van der Waals surface area contributed by atoms with Gasteiger partial charge in [0.25, 0.3) is 0 Å². The second-order valence-corrected chi connectivity index (χ2v) is 8.76. The maximum absolute atomic E-state index is 12.7. The van der Waals surface area contributed by atoms with E-state index >= 15 is 0 Å². The average molecular weight is 455 g/mol. The summed E-state index contributed by atoms with van der Waals surface area (Å²) < 4.78 is 10.9. The first kappa shape index (κ1) is 24.3. The Hall–Kier alpha value is -3.39. The van der Waals surface area contributed by atoms with E-state index in [1.54, 1.807) is 13.8 Å². The molecule has 0 heterocycles. The lowest BCUT2D eigenvalue weighted by molar-refractivity contribution is -0.141. The minimum atomic E-state index is -1.17. The Morgan fingerprint density at radius 3 is 2.06 bits per heavy atom. The van der Waals surface area contributed by atoms with Crippen LogP contribution in [-0.4, -0.2) is 54.5 Å². The molecule has 2 aromatic rings. The van der Waals surface area contributed by atoms with Crippen LogP contribution in [0.3, 0.4) is 0 Å². The number of alkyl carbamates (subject to hydrolysis) is 1. The first-order valence-electron chi connectivity index (χ1n) is 10.8. The topological polar surface area (TPSA) is 114 Å². The van der Waals surface area contributed by atoms with Crippen molar-refractivity contribution < 1.29 is 29.0 Å². The van der Waals surface area contributed by atoms with Crippen molar-refractivity contribution in [1.29, 1.82) is 0 Å². The van der Waals surface area contributed by atoms with Gasteiger partial charge < -0.3 is 25.2 Å². The zero-order valence-corrected chi connectivity index (χ0v) is 19.3. The molecule has 176 valence electrons. The number of benzene rings is 2. The number of amides is 2. The van der Waals surface area contributed by atoms with Gasteiger partial charge in [0, 0.05) is 19.4 Å². The molecule has 2 aromatic carbocycles. The highest BCUT2D eigenvalue weighted by Crippen LogP contribution is 2.44. The monoisotopic (exact) mass is 454 g/mol. The number of hydrogen-bond acceptors (Lipinski definition) is 5. The summed E-state index contributed by atoms with van der Waals surface area (Å²) in [5, 5.41) is 14.1. The molecule has 0 saturated heterocycles. The summed E-state index contributed by atoms with van der Waals surface area (Å²) in [6, 6.07) is 13.9. The van der Waals surface area contributed by atoms with Gasteiger partial charge in [0.1, 0.15) is 18.7 Å². The van der Waals surface area contributed by atoms with Crippen molar-refractivity contribution in [2.24, 2.45) is 0 Å². The number of ether oxygens (including phenoxy) is 2. The highest BCUT2D eigenvalue weighted by Gasteiger charge is 2.33. The van der Waals surface area contributed by atoms with Crippen molar-refractivity contribution in [1.82, 2.24) is 10.6 Å². The lowest BCUT2D eigenvalue weighted by Crippen LogP contribution is -2.53. The molecular formula is C25H30N2O6. The number of aliphatic carboxylic acids is 1. The normalized spacial score (nSPS) is 14.5. The van der Waals surface area contributed by atoms with Gasteiger partial charge in [-0.25, -0.2) is 4.79 Å². The Kier molecular flexibility index (Phi) is 7.38. The third-order valence-electron chi connectivity index (χ3n) is 5.93. The van der Waals surface area contributed by atoms with Gasteiger partial charge in [0.15, 0.2) is 0 Å². The molecule has 8 heteroatoms. The molecule has 1 aliphatic carbocycles. The summed E-state index contributed by atoms with van der Waals surface area (Å²) in [6.45, 7) is 5.00. The molecule has 0 fully saturated rings. The van der Waals surface area contributed by atoms with Crippen LogP contribution < -0.4 is 10.6 Å². The summed E-state index contributed by atoms with van der Waals surface area (Å²) in [4.78, 5) is 36.5. The van der Waals surface area contributed by atoms with Crippen molar-refractivity contribution in [2.75, 3.05) is 13.7 Å². The van der Waals surface area contributed by atoms with Gasteiger partial charge in [-0.15, -0.1) is 0 Å². The minimum Gasteiger partial charge on any atom is -0.480 e.